The third-order valence-electron chi connectivity index (χ3n) is 4.03. The summed E-state index contributed by atoms with van der Waals surface area (Å²) in [6.07, 6.45) is 0. The summed E-state index contributed by atoms with van der Waals surface area (Å²) in [5.41, 5.74) is -0.771. The summed E-state index contributed by atoms with van der Waals surface area (Å²) in [4.78, 5) is 24.5. The lowest BCUT2D eigenvalue weighted by molar-refractivity contribution is 0.0978. The number of nitrogens with two attached hydrogens (primary N) is 1. The minimum Gasteiger partial charge on any atom is -0.289 e. The van der Waals surface area contributed by atoms with Gasteiger partial charge in [0.25, 0.3) is 10.1 Å². The molecular formula is C15H12N2O9S3. The van der Waals surface area contributed by atoms with Crippen molar-refractivity contribution >= 4 is 41.7 Å². The molecule has 14 heteroatoms. The number of carbonyl (C=O) groups is 2. The fourth-order valence-corrected chi connectivity index (χ4v) is 5.13. The highest BCUT2D eigenvalue weighted by molar-refractivity contribution is 7.91. The van der Waals surface area contributed by atoms with E-state index >= 15 is 0 Å². The first-order chi connectivity index (χ1) is 13.2. The molecule has 0 aromatic heterocycles. The number of fused-ring (bicyclic) bond motifs is 2. The van der Waals surface area contributed by atoms with Crippen molar-refractivity contribution in [3.05, 3.63) is 58.7 Å². The third kappa shape index (κ3) is 4.12. The summed E-state index contributed by atoms with van der Waals surface area (Å²) < 4.78 is 79.3. The normalized spacial score (nSPS) is 14.4. The minimum absolute atomic E-state index is 0.0741. The summed E-state index contributed by atoms with van der Waals surface area (Å²) in [7, 11) is -13.2. The molecule has 1 aliphatic carbocycles. The van der Waals surface area contributed by atoms with Crippen LogP contribution in [0.15, 0.2) is 46.2 Å². The topological polar surface area (TPSA) is 195 Å². The molecule has 0 bridgehead atoms. The highest BCUT2D eigenvalue weighted by Gasteiger charge is 2.32. The number of carbonyl (C=O) groups excluding carboxylic acids is 2. The van der Waals surface area contributed by atoms with Crippen molar-refractivity contribution in [2.75, 3.05) is 5.88 Å². The SMILES string of the molecule is NS(=O)(=O)c1ccc2c(c1)C(=O)c1cc(S(=O)(=O)NCS(=O)(=O)O)ccc1C2=O. The fourth-order valence-electron chi connectivity index (χ4n) is 2.69. The van der Waals surface area contributed by atoms with E-state index in [2.05, 4.69) is 0 Å². The molecule has 1 aliphatic rings. The molecule has 0 fully saturated rings. The van der Waals surface area contributed by atoms with Gasteiger partial charge in [-0.1, -0.05) is 0 Å². The lowest BCUT2D eigenvalue weighted by Crippen LogP contribution is -2.30. The first-order valence-electron chi connectivity index (χ1n) is 7.56. The van der Waals surface area contributed by atoms with Gasteiger partial charge in [0.1, 0.15) is 5.88 Å². The molecule has 4 N–H and O–H groups in total. The lowest BCUT2D eigenvalue weighted by Gasteiger charge is -2.19. The van der Waals surface area contributed by atoms with Crippen LogP contribution in [0, 0.1) is 0 Å². The van der Waals surface area contributed by atoms with Gasteiger partial charge in [-0.3, -0.25) is 14.1 Å². The molecule has 0 saturated heterocycles. The van der Waals surface area contributed by atoms with E-state index in [9.17, 15) is 34.8 Å². The Morgan fingerprint density at radius 3 is 1.69 bits per heavy atom. The van der Waals surface area contributed by atoms with Crippen LogP contribution < -0.4 is 9.86 Å². The van der Waals surface area contributed by atoms with Gasteiger partial charge in [0.15, 0.2) is 11.6 Å². The Morgan fingerprint density at radius 1 is 0.759 bits per heavy atom. The maximum absolute atomic E-state index is 12.8. The molecule has 0 amide bonds. The molecule has 0 unspecified atom stereocenters. The van der Waals surface area contributed by atoms with Gasteiger partial charge in [0, 0.05) is 22.3 Å². The molecule has 0 radical (unpaired) electrons. The van der Waals surface area contributed by atoms with E-state index in [-0.39, 0.29) is 22.3 Å². The van der Waals surface area contributed by atoms with Crippen molar-refractivity contribution in [2.24, 2.45) is 5.14 Å². The van der Waals surface area contributed by atoms with Crippen LogP contribution in [0.4, 0.5) is 0 Å². The van der Waals surface area contributed by atoms with Gasteiger partial charge in [-0.25, -0.2) is 22.0 Å². The Labute approximate surface area is 165 Å². The number of nitrogens with one attached hydrogen (secondary N) is 1. The maximum atomic E-state index is 12.8. The summed E-state index contributed by atoms with van der Waals surface area (Å²) in [5, 5.41) is 5.03. The van der Waals surface area contributed by atoms with E-state index < -0.39 is 57.4 Å². The number of hydrogen-bond acceptors (Lipinski definition) is 8. The standard InChI is InChI=1S/C15H12N2O9S3/c16-28(23,24)8-1-3-10-12(5-8)15(19)13-6-9(2-4-11(13)14(10)18)29(25,26)17-7-27(20,21)22/h1-6,17H,7H2,(H2,16,23,24)(H,20,21,22). The zero-order chi connectivity index (χ0) is 21.8. The Morgan fingerprint density at radius 2 is 1.21 bits per heavy atom. The zero-order valence-corrected chi connectivity index (χ0v) is 16.6. The number of rotatable bonds is 5. The quantitative estimate of drug-likeness (QED) is 0.410. The number of benzene rings is 2. The van der Waals surface area contributed by atoms with Crippen LogP contribution >= 0.6 is 0 Å². The molecule has 0 heterocycles. The van der Waals surface area contributed by atoms with Gasteiger partial charge in [-0.2, -0.15) is 13.1 Å². The van der Waals surface area contributed by atoms with Crippen molar-refractivity contribution in [1.82, 2.24) is 4.72 Å². The van der Waals surface area contributed by atoms with Crippen LogP contribution in [0.2, 0.25) is 0 Å². The van der Waals surface area contributed by atoms with E-state index in [1.165, 1.54) is 0 Å². The van der Waals surface area contributed by atoms with Crippen LogP contribution in [0.3, 0.4) is 0 Å². The maximum Gasteiger partial charge on any atom is 0.279 e. The molecule has 11 nitrogen and oxygen atoms in total. The largest absolute Gasteiger partial charge is 0.289 e. The second kappa shape index (κ2) is 6.79. The number of primary sulfonamides is 1. The number of ketones is 2. The lowest BCUT2D eigenvalue weighted by atomic mass is 9.84. The summed E-state index contributed by atoms with van der Waals surface area (Å²) >= 11 is 0. The van der Waals surface area contributed by atoms with E-state index in [4.69, 9.17) is 9.69 Å². The summed E-state index contributed by atoms with van der Waals surface area (Å²) in [5.74, 6) is -2.74. The first kappa shape index (κ1) is 21.2. The average Bonchev–Trinajstić information content (AvgIpc) is 2.62. The molecule has 0 atom stereocenters. The highest BCUT2D eigenvalue weighted by Crippen LogP contribution is 2.30. The summed E-state index contributed by atoms with van der Waals surface area (Å²) in [6, 6.07) is 6.05. The molecule has 29 heavy (non-hydrogen) atoms. The van der Waals surface area contributed by atoms with Crippen LogP contribution in [-0.2, 0) is 30.2 Å². The van der Waals surface area contributed by atoms with E-state index in [0.717, 1.165) is 36.4 Å². The number of hydrogen-bond donors (Lipinski definition) is 3. The second-order valence-electron chi connectivity index (χ2n) is 5.99. The van der Waals surface area contributed by atoms with Crippen LogP contribution in [0.5, 0.6) is 0 Å². The van der Waals surface area contributed by atoms with Crippen molar-refractivity contribution in [3.63, 3.8) is 0 Å². The third-order valence-corrected chi connectivity index (χ3v) is 7.03. The van der Waals surface area contributed by atoms with E-state index in [1.54, 1.807) is 4.72 Å². The van der Waals surface area contributed by atoms with Crippen LogP contribution in [-0.4, -0.2) is 47.2 Å². The monoisotopic (exact) mass is 460 g/mol. The molecule has 0 spiro atoms. The van der Waals surface area contributed by atoms with Crippen LogP contribution in [0.1, 0.15) is 31.8 Å². The molecule has 154 valence electrons. The average molecular weight is 460 g/mol. The first-order valence-corrected chi connectivity index (χ1v) is 12.2. The Hall–Kier alpha value is -2.49. The fraction of sp³-hybridized carbons (Fsp3) is 0.0667. The molecule has 2 aromatic carbocycles. The smallest absolute Gasteiger partial charge is 0.279 e. The molecule has 0 saturated carbocycles. The Bertz CT molecular complexity index is 1390. The molecule has 3 rings (SSSR count). The molecular weight excluding hydrogens is 448 g/mol. The summed E-state index contributed by atoms with van der Waals surface area (Å²) in [6.45, 7) is 0. The molecule has 0 aliphatic heterocycles. The van der Waals surface area contributed by atoms with E-state index in [1.807, 2.05) is 0 Å². The van der Waals surface area contributed by atoms with Gasteiger partial charge in [0.05, 0.1) is 9.79 Å². The number of sulfonamides is 2. The van der Waals surface area contributed by atoms with Gasteiger partial charge in [-0.15, -0.1) is 0 Å². The van der Waals surface area contributed by atoms with Crippen LogP contribution in [0.25, 0.3) is 0 Å². The predicted octanol–water partition coefficient (Wildman–Crippen LogP) is -0.767. The van der Waals surface area contributed by atoms with Crippen molar-refractivity contribution < 1.29 is 39.4 Å². The van der Waals surface area contributed by atoms with E-state index in [0.29, 0.717) is 0 Å². The van der Waals surface area contributed by atoms with Gasteiger partial charge in [-0.05, 0) is 36.4 Å². The van der Waals surface area contributed by atoms with Gasteiger partial charge >= 0.3 is 0 Å². The minimum atomic E-state index is -4.64. The van der Waals surface area contributed by atoms with Crippen molar-refractivity contribution in [3.8, 4) is 0 Å². The van der Waals surface area contributed by atoms with Gasteiger partial charge in [0.2, 0.25) is 20.0 Å². The Balaban J connectivity index is 2.11. The van der Waals surface area contributed by atoms with Crippen molar-refractivity contribution in [1.29, 1.82) is 0 Å². The van der Waals surface area contributed by atoms with Crippen molar-refractivity contribution in [2.45, 2.75) is 9.79 Å². The second-order valence-corrected chi connectivity index (χ2v) is 10.8. The highest BCUT2D eigenvalue weighted by atomic mass is 32.2. The molecule has 2 aromatic rings. The zero-order valence-electron chi connectivity index (χ0n) is 14.2. The predicted molar refractivity (Wildman–Crippen MR) is 97.9 cm³/mol. The van der Waals surface area contributed by atoms with Gasteiger partial charge < -0.3 is 0 Å². The Kier molecular flexibility index (Phi) is 4.97.